The number of carboxylic acid groups (broad SMARTS) is 1. The van der Waals surface area contributed by atoms with Crippen LogP contribution in [0.25, 0.3) is 0 Å². The lowest BCUT2D eigenvalue weighted by Crippen LogP contribution is -2.45. The average Bonchev–Trinajstić information content (AvgIpc) is 3.19. The van der Waals surface area contributed by atoms with Crippen molar-refractivity contribution >= 4 is 11.9 Å². The summed E-state index contributed by atoms with van der Waals surface area (Å²) in [5, 5.41) is 11.4. The molecule has 0 unspecified atom stereocenters. The number of carbonyl (C=O) groups is 2. The number of ether oxygens (including phenoxy) is 2. The van der Waals surface area contributed by atoms with Gasteiger partial charge in [-0.3, -0.25) is 4.79 Å². The van der Waals surface area contributed by atoms with Gasteiger partial charge in [-0.1, -0.05) is 0 Å². The minimum atomic E-state index is -1.07. The zero-order valence-corrected chi connectivity index (χ0v) is 11.2. The monoisotopic (exact) mass is 279 g/mol. The highest BCUT2D eigenvalue weighted by Crippen LogP contribution is 2.35. The van der Waals surface area contributed by atoms with Gasteiger partial charge in [0.1, 0.15) is 17.0 Å². The van der Waals surface area contributed by atoms with Crippen LogP contribution < -0.4 is 14.8 Å². The molecule has 6 heteroatoms. The zero-order chi connectivity index (χ0) is 14.6. The van der Waals surface area contributed by atoms with Crippen molar-refractivity contribution < 1.29 is 24.2 Å². The van der Waals surface area contributed by atoms with Crippen LogP contribution in [0.15, 0.2) is 24.3 Å². The van der Waals surface area contributed by atoms with Crippen molar-refractivity contribution in [2.75, 3.05) is 13.2 Å². The lowest BCUT2D eigenvalue weighted by Gasteiger charge is -2.13. The van der Waals surface area contributed by atoms with E-state index in [9.17, 15) is 9.59 Å². The molecule has 0 heterocycles. The number of hydrogen-bond donors (Lipinski definition) is 2. The summed E-state index contributed by atoms with van der Waals surface area (Å²) in [5.74, 6) is -0.165. The van der Waals surface area contributed by atoms with Gasteiger partial charge in [0.05, 0.1) is 6.61 Å². The number of amides is 1. The topological polar surface area (TPSA) is 84.9 Å². The Balaban J connectivity index is 1.80. The highest BCUT2D eigenvalue weighted by molar-refractivity contribution is 5.90. The quantitative estimate of drug-likeness (QED) is 0.783. The maximum absolute atomic E-state index is 11.6. The number of benzene rings is 1. The SMILES string of the molecule is CCOc1ccc(OCC(=O)NC2(C(=O)O)CC2)cc1. The fourth-order valence-corrected chi connectivity index (χ4v) is 1.77. The van der Waals surface area contributed by atoms with Crippen molar-refractivity contribution in [1.29, 1.82) is 0 Å². The fourth-order valence-electron chi connectivity index (χ4n) is 1.77. The largest absolute Gasteiger partial charge is 0.494 e. The second kappa shape index (κ2) is 5.81. The van der Waals surface area contributed by atoms with Gasteiger partial charge in [-0.15, -0.1) is 0 Å². The summed E-state index contributed by atoms with van der Waals surface area (Å²) in [5.41, 5.74) is -1.07. The number of carbonyl (C=O) groups excluding carboxylic acids is 1. The predicted molar refractivity (Wildman–Crippen MR) is 70.8 cm³/mol. The molecular weight excluding hydrogens is 262 g/mol. The normalized spacial score (nSPS) is 15.2. The lowest BCUT2D eigenvalue weighted by molar-refractivity contribution is -0.143. The molecule has 1 amide bonds. The van der Waals surface area contributed by atoms with Gasteiger partial charge in [-0.2, -0.15) is 0 Å². The molecule has 1 aromatic carbocycles. The minimum Gasteiger partial charge on any atom is -0.494 e. The Morgan fingerprint density at radius 2 is 1.75 bits per heavy atom. The molecule has 0 radical (unpaired) electrons. The molecule has 20 heavy (non-hydrogen) atoms. The molecule has 1 aliphatic carbocycles. The maximum atomic E-state index is 11.6. The minimum absolute atomic E-state index is 0.205. The van der Waals surface area contributed by atoms with Crippen molar-refractivity contribution in [3.8, 4) is 11.5 Å². The predicted octanol–water partition coefficient (Wildman–Crippen LogP) is 1.20. The van der Waals surface area contributed by atoms with E-state index in [0.29, 0.717) is 25.2 Å². The number of aliphatic carboxylic acids is 1. The van der Waals surface area contributed by atoms with Gasteiger partial charge in [0.2, 0.25) is 0 Å². The van der Waals surface area contributed by atoms with E-state index >= 15 is 0 Å². The molecule has 2 rings (SSSR count). The summed E-state index contributed by atoms with van der Waals surface area (Å²) in [4.78, 5) is 22.5. The van der Waals surface area contributed by atoms with Crippen molar-refractivity contribution in [1.82, 2.24) is 5.32 Å². The van der Waals surface area contributed by atoms with Crippen molar-refractivity contribution in [3.63, 3.8) is 0 Å². The zero-order valence-electron chi connectivity index (χ0n) is 11.2. The Kier molecular flexibility index (Phi) is 4.12. The second-order valence-corrected chi connectivity index (χ2v) is 4.63. The van der Waals surface area contributed by atoms with Crippen LogP contribution in [0.3, 0.4) is 0 Å². The number of hydrogen-bond acceptors (Lipinski definition) is 4. The Labute approximate surface area is 116 Å². The van der Waals surface area contributed by atoms with E-state index in [-0.39, 0.29) is 6.61 Å². The van der Waals surface area contributed by atoms with Gasteiger partial charge in [0.15, 0.2) is 6.61 Å². The summed E-state index contributed by atoms with van der Waals surface area (Å²) in [6.45, 7) is 2.27. The van der Waals surface area contributed by atoms with Crippen LogP contribution >= 0.6 is 0 Å². The summed E-state index contributed by atoms with van der Waals surface area (Å²) < 4.78 is 10.6. The maximum Gasteiger partial charge on any atom is 0.329 e. The molecular formula is C14H17NO5. The van der Waals surface area contributed by atoms with Crippen LogP contribution in [0.4, 0.5) is 0 Å². The number of nitrogens with one attached hydrogen (secondary N) is 1. The Morgan fingerprint density at radius 1 is 1.20 bits per heavy atom. The van der Waals surface area contributed by atoms with E-state index in [4.69, 9.17) is 14.6 Å². The van der Waals surface area contributed by atoms with E-state index in [1.807, 2.05) is 6.92 Å². The van der Waals surface area contributed by atoms with Crippen molar-refractivity contribution in [3.05, 3.63) is 24.3 Å². The van der Waals surface area contributed by atoms with E-state index in [2.05, 4.69) is 5.32 Å². The molecule has 1 fully saturated rings. The summed E-state index contributed by atoms with van der Waals surface area (Å²) in [6.07, 6.45) is 0.939. The van der Waals surface area contributed by atoms with E-state index < -0.39 is 17.4 Å². The third-order valence-electron chi connectivity index (χ3n) is 3.04. The van der Waals surface area contributed by atoms with Gasteiger partial charge in [-0.05, 0) is 44.0 Å². The number of rotatable bonds is 7. The van der Waals surface area contributed by atoms with Crippen LogP contribution in [-0.4, -0.2) is 35.7 Å². The Hall–Kier alpha value is -2.24. The molecule has 0 spiro atoms. The first-order valence-corrected chi connectivity index (χ1v) is 6.46. The highest BCUT2D eigenvalue weighted by Gasteiger charge is 2.51. The van der Waals surface area contributed by atoms with Crippen LogP contribution in [0, 0.1) is 0 Å². The van der Waals surface area contributed by atoms with Crippen LogP contribution in [0.5, 0.6) is 11.5 Å². The average molecular weight is 279 g/mol. The number of carboxylic acids is 1. The Bertz CT molecular complexity index is 493. The molecule has 1 saturated carbocycles. The highest BCUT2D eigenvalue weighted by atomic mass is 16.5. The molecule has 2 N–H and O–H groups in total. The van der Waals surface area contributed by atoms with Gasteiger partial charge < -0.3 is 19.9 Å². The first-order valence-electron chi connectivity index (χ1n) is 6.46. The van der Waals surface area contributed by atoms with Gasteiger partial charge in [-0.25, -0.2) is 4.79 Å². The molecule has 108 valence electrons. The van der Waals surface area contributed by atoms with Gasteiger partial charge in [0, 0.05) is 0 Å². The molecule has 0 bridgehead atoms. The van der Waals surface area contributed by atoms with Gasteiger partial charge in [0.25, 0.3) is 5.91 Å². The van der Waals surface area contributed by atoms with E-state index in [1.165, 1.54) is 0 Å². The molecule has 1 aromatic rings. The van der Waals surface area contributed by atoms with Crippen LogP contribution in [-0.2, 0) is 9.59 Å². The van der Waals surface area contributed by atoms with Crippen molar-refractivity contribution in [2.45, 2.75) is 25.3 Å². The summed E-state index contributed by atoms with van der Waals surface area (Å²) in [7, 11) is 0. The molecule has 6 nitrogen and oxygen atoms in total. The standard InChI is InChI=1S/C14H17NO5/c1-2-19-10-3-5-11(6-4-10)20-9-12(16)15-14(7-8-14)13(17)18/h3-6H,2,7-9H2,1H3,(H,15,16)(H,17,18). The molecule has 1 aliphatic rings. The second-order valence-electron chi connectivity index (χ2n) is 4.63. The first-order chi connectivity index (χ1) is 9.55. The molecule has 0 saturated heterocycles. The molecule has 0 aromatic heterocycles. The van der Waals surface area contributed by atoms with E-state index in [0.717, 1.165) is 5.75 Å². The third kappa shape index (κ3) is 3.40. The third-order valence-corrected chi connectivity index (χ3v) is 3.04. The van der Waals surface area contributed by atoms with Gasteiger partial charge >= 0.3 is 5.97 Å². The smallest absolute Gasteiger partial charge is 0.329 e. The van der Waals surface area contributed by atoms with Crippen LogP contribution in [0.1, 0.15) is 19.8 Å². The summed E-state index contributed by atoms with van der Waals surface area (Å²) in [6, 6.07) is 6.89. The molecule has 0 aliphatic heterocycles. The summed E-state index contributed by atoms with van der Waals surface area (Å²) >= 11 is 0. The first kappa shape index (κ1) is 14.2. The Morgan fingerprint density at radius 3 is 2.20 bits per heavy atom. The van der Waals surface area contributed by atoms with Crippen molar-refractivity contribution in [2.24, 2.45) is 0 Å². The molecule has 0 atom stereocenters. The lowest BCUT2D eigenvalue weighted by atomic mass is 10.3. The fraction of sp³-hybridized carbons (Fsp3) is 0.429. The van der Waals surface area contributed by atoms with E-state index in [1.54, 1.807) is 24.3 Å². The van der Waals surface area contributed by atoms with Crippen LogP contribution in [0.2, 0.25) is 0 Å².